The van der Waals surface area contributed by atoms with E-state index in [-0.39, 0.29) is 18.0 Å². The number of benzene rings is 2. The van der Waals surface area contributed by atoms with Gasteiger partial charge in [0.1, 0.15) is 17.3 Å². The number of rotatable bonds is 11. The average molecular weight is 569 g/mol. The highest BCUT2D eigenvalue weighted by atomic mass is 32.2. The normalized spacial score (nSPS) is 13.9. The highest BCUT2D eigenvalue weighted by molar-refractivity contribution is 7.80. The Labute approximate surface area is 234 Å². The lowest BCUT2D eigenvalue weighted by molar-refractivity contribution is -0.157. The van der Waals surface area contributed by atoms with Crippen molar-refractivity contribution >= 4 is 40.3 Å². The first-order valence-electron chi connectivity index (χ1n) is 12.4. The number of carbonyl (C=O) groups is 1. The minimum atomic E-state index is -2.14. The first-order valence-corrected chi connectivity index (χ1v) is 14.4. The second-order valence-electron chi connectivity index (χ2n) is 10.1. The van der Waals surface area contributed by atoms with Crippen molar-refractivity contribution in [3.8, 4) is 0 Å². The molecule has 39 heavy (non-hydrogen) atoms. The fraction of sp³-hybridized carbons (Fsp3) is 0.321. The minimum Gasteiger partial charge on any atom is -0.459 e. The van der Waals surface area contributed by atoms with E-state index in [1.165, 1.54) is 0 Å². The first-order chi connectivity index (χ1) is 18.6. The lowest BCUT2D eigenvalue weighted by Gasteiger charge is -2.23. The molecular formula is C28H32N4O5S2. The molecule has 9 nitrogen and oxygen atoms in total. The molecule has 0 aliphatic carbocycles. The van der Waals surface area contributed by atoms with E-state index >= 15 is 0 Å². The molecule has 0 spiro atoms. The first kappa shape index (κ1) is 28.5. The molecule has 0 aliphatic heterocycles. The number of nitrogens with zero attached hydrogens (tertiary/aromatic N) is 2. The summed E-state index contributed by atoms with van der Waals surface area (Å²) in [6, 6.07) is 17.0. The van der Waals surface area contributed by atoms with Gasteiger partial charge in [-0.15, -0.1) is 11.3 Å². The van der Waals surface area contributed by atoms with Crippen LogP contribution in [0, 0.1) is 6.92 Å². The molecule has 0 saturated heterocycles. The van der Waals surface area contributed by atoms with E-state index in [2.05, 4.69) is 20.0 Å². The van der Waals surface area contributed by atoms with Crippen LogP contribution in [-0.4, -0.2) is 30.3 Å². The van der Waals surface area contributed by atoms with Crippen LogP contribution < -0.4 is 10.0 Å². The third kappa shape index (κ3) is 8.47. The number of anilines is 2. The number of nitrogens with one attached hydrogen (secondary N) is 2. The van der Waals surface area contributed by atoms with Gasteiger partial charge in [0, 0.05) is 11.1 Å². The molecule has 0 radical (unpaired) electrons. The van der Waals surface area contributed by atoms with E-state index in [1.54, 1.807) is 29.7 Å². The zero-order chi connectivity index (χ0) is 28.0. The van der Waals surface area contributed by atoms with Crippen molar-refractivity contribution in [2.75, 3.05) is 10.0 Å². The number of carbonyl (C=O) groups excluding carboxylic acids is 1. The van der Waals surface area contributed by atoms with Crippen molar-refractivity contribution in [3.05, 3.63) is 93.8 Å². The zero-order valence-electron chi connectivity index (χ0n) is 22.2. The van der Waals surface area contributed by atoms with Gasteiger partial charge in [0.05, 0.1) is 22.9 Å². The fourth-order valence-electron chi connectivity index (χ4n) is 4.00. The van der Waals surface area contributed by atoms with E-state index in [9.17, 15) is 9.00 Å². The van der Waals surface area contributed by atoms with Gasteiger partial charge in [-0.25, -0.2) is 14.2 Å². The molecule has 2 aromatic heterocycles. The molecular weight excluding hydrogens is 536 g/mol. The monoisotopic (exact) mass is 568 g/mol. The van der Waals surface area contributed by atoms with Gasteiger partial charge >= 0.3 is 5.97 Å². The molecule has 1 unspecified atom stereocenters. The van der Waals surface area contributed by atoms with Crippen LogP contribution >= 0.6 is 11.3 Å². The maximum absolute atomic E-state index is 13.2. The van der Waals surface area contributed by atoms with Crippen molar-refractivity contribution in [2.45, 2.75) is 58.1 Å². The van der Waals surface area contributed by atoms with Crippen molar-refractivity contribution in [3.63, 3.8) is 0 Å². The Morgan fingerprint density at radius 2 is 1.79 bits per heavy atom. The SMILES string of the molecule is Cc1nc([C@H](Cc2ccc(NS(=O)O)cc2)Nc2ncc([C@H](Cc3ccccc3)C(=O)OC(C)(C)C)o2)cs1. The summed E-state index contributed by atoms with van der Waals surface area (Å²) >= 11 is -0.588. The molecule has 0 bridgehead atoms. The maximum Gasteiger partial charge on any atom is 0.317 e. The van der Waals surface area contributed by atoms with Gasteiger partial charge in [0.15, 0.2) is 0 Å². The molecule has 2 heterocycles. The van der Waals surface area contributed by atoms with Crippen molar-refractivity contribution in [1.29, 1.82) is 0 Å². The smallest absolute Gasteiger partial charge is 0.317 e. The van der Waals surface area contributed by atoms with Gasteiger partial charge in [-0.05, 0) is 63.8 Å². The van der Waals surface area contributed by atoms with Crippen molar-refractivity contribution < 1.29 is 22.7 Å². The van der Waals surface area contributed by atoms with Gasteiger partial charge in [-0.3, -0.25) is 14.1 Å². The van der Waals surface area contributed by atoms with Gasteiger partial charge in [0.25, 0.3) is 17.3 Å². The fourth-order valence-corrected chi connectivity index (χ4v) is 5.01. The Morgan fingerprint density at radius 1 is 1.10 bits per heavy atom. The van der Waals surface area contributed by atoms with E-state index in [1.807, 2.05) is 75.5 Å². The lowest BCUT2D eigenvalue weighted by atomic mass is 9.97. The number of esters is 1. The van der Waals surface area contributed by atoms with E-state index < -0.39 is 22.8 Å². The maximum atomic E-state index is 13.2. The average Bonchev–Trinajstić information content (AvgIpc) is 3.51. The molecule has 2 aromatic carbocycles. The van der Waals surface area contributed by atoms with Gasteiger partial charge < -0.3 is 14.5 Å². The number of aromatic nitrogens is 2. The standard InChI is InChI=1S/C28H32N4O5S2/c1-18-30-24(17-38-18)23(15-20-10-12-21(13-11-20)32-39(34)35)31-27-29-16-25(36-27)22(26(33)37-28(2,3)4)14-19-8-6-5-7-9-19/h5-13,16-17,22-23,32H,14-15H2,1-4H3,(H,29,31)(H,34,35)/t22-,23-/m0/s1. The topological polar surface area (TPSA) is 127 Å². The predicted molar refractivity (Wildman–Crippen MR) is 153 cm³/mol. The molecule has 0 aliphatic rings. The summed E-state index contributed by atoms with van der Waals surface area (Å²) in [6.07, 6.45) is 2.54. The second kappa shape index (κ2) is 12.5. The predicted octanol–water partition coefficient (Wildman–Crippen LogP) is 6.05. The van der Waals surface area contributed by atoms with Gasteiger partial charge in [-0.2, -0.15) is 0 Å². The molecule has 3 N–H and O–H groups in total. The second-order valence-corrected chi connectivity index (χ2v) is 11.8. The number of ether oxygens (including phenoxy) is 1. The number of oxazole rings is 1. The Kier molecular flexibility index (Phi) is 9.16. The summed E-state index contributed by atoms with van der Waals surface area (Å²) in [5, 5.41) is 6.26. The summed E-state index contributed by atoms with van der Waals surface area (Å²) in [5.74, 6) is -0.624. The Hall–Kier alpha value is -3.54. The molecule has 3 atom stereocenters. The summed E-state index contributed by atoms with van der Waals surface area (Å²) < 4.78 is 34.3. The zero-order valence-corrected chi connectivity index (χ0v) is 23.8. The molecule has 11 heteroatoms. The van der Waals surface area contributed by atoms with Crippen molar-refractivity contribution in [2.24, 2.45) is 0 Å². The van der Waals surface area contributed by atoms with Crippen LogP contribution in [0.15, 0.2) is 70.6 Å². The quantitative estimate of drug-likeness (QED) is 0.147. The third-order valence-corrected chi connectivity index (χ3v) is 6.93. The van der Waals surface area contributed by atoms with Crippen LogP contribution in [0.3, 0.4) is 0 Å². The number of hydrogen-bond acceptors (Lipinski definition) is 8. The van der Waals surface area contributed by atoms with Crippen LogP contribution in [0.5, 0.6) is 0 Å². The van der Waals surface area contributed by atoms with E-state index in [0.29, 0.717) is 24.3 Å². The Bertz CT molecular complexity index is 1400. The van der Waals surface area contributed by atoms with Crippen molar-refractivity contribution in [1.82, 2.24) is 9.97 Å². The number of hydrogen-bond donors (Lipinski definition) is 3. The lowest BCUT2D eigenvalue weighted by Crippen LogP contribution is -2.28. The number of aryl methyl sites for hydroxylation is 1. The third-order valence-electron chi connectivity index (χ3n) is 5.73. The number of thiazole rings is 1. The summed E-state index contributed by atoms with van der Waals surface area (Å²) in [5.41, 5.74) is 2.70. The largest absolute Gasteiger partial charge is 0.459 e. The van der Waals surface area contributed by atoms with Crippen LogP contribution in [0.2, 0.25) is 0 Å². The highest BCUT2D eigenvalue weighted by Crippen LogP contribution is 2.30. The van der Waals surface area contributed by atoms with E-state index in [4.69, 9.17) is 13.7 Å². The van der Waals surface area contributed by atoms with Crippen LogP contribution in [0.4, 0.5) is 11.7 Å². The van der Waals surface area contributed by atoms with Gasteiger partial charge in [0.2, 0.25) is 0 Å². The molecule has 0 amide bonds. The molecule has 0 saturated carbocycles. The molecule has 4 rings (SSSR count). The van der Waals surface area contributed by atoms with E-state index in [0.717, 1.165) is 21.8 Å². The summed E-state index contributed by atoms with van der Waals surface area (Å²) in [7, 11) is 0. The highest BCUT2D eigenvalue weighted by Gasteiger charge is 2.30. The molecule has 4 aromatic rings. The molecule has 0 fully saturated rings. The van der Waals surface area contributed by atoms with Crippen LogP contribution in [-0.2, 0) is 33.6 Å². The summed E-state index contributed by atoms with van der Waals surface area (Å²) in [4.78, 5) is 22.3. The van der Waals surface area contributed by atoms with Crippen LogP contribution in [0.1, 0.15) is 60.3 Å². The molecule has 206 valence electrons. The summed E-state index contributed by atoms with van der Waals surface area (Å²) in [6.45, 7) is 7.46. The minimum absolute atomic E-state index is 0.263. The van der Waals surface area contributed by atoms with Crippen LogP contribution in [0.25, 0.3) is 0 Å². The Morgan fingerprint density at radius 3 is 2.41 bits per heavy atom. The Balaban J connectivity index is 1.56. The van der Waals surface area contributed by atoms with Gasteiger partial charge in [-0.1, -0.05) is 42.5 Å².